The lowest BCUT2D eigenvalue weighted by Gasteiger charge is -2.21. The maximum atomic E-state index is 12.7. The molecule has 0 aliphatic rings. The van der Waals surface area contributed by atoms with Crippen LogP contribution in [-0.2, 0) is 11.7 Å². The lowest BCUT2D eigenvalue weighted by molar-refractivity contribution is -0.138. The molecular formula is C9H12ClF3N2O. The van der Waals surface area contributed by atoms with Crippen molar-refractivity contribution in [2.24, 2.45) is 0 Å². The number of ether oxygens (including phenoxy) is 1. The van der Waals surface area contributed by atoms with Crippen LogP contribution in [0.4, 0.5) is 13.2 Å². The van der Waals surface area contributed by atoms with E-state index in [1.807, 2.05) is 0 Å². The maximum absolute atomic E-state index is 12.7. The van der Waals surface area contributed by atoms with Crippen molar-refractivity contribution in [3.8, 4) is 5.88 Å². The summed E-state index contributed by atoms with van der Waals surface area (Å²) in [6, 6.07) is 0. The number of nitrogens with zero attached hydrogens (tertiary/aromatic N) is 2. The highest BCUT2D eigenvalue weighted by Crippen LogP contribution is 2.42. The fourth-order valence-electron chi connectivity index (χ4n) is 1.26. The van der Waals surface area contributed by atoms with E-state index in [9.17, 15) is 13.2 Å². The molecule has 7 heteroatoms. The summed E-state index contributed by atoms with van der Waals surface area (Å²) >= 11 is 5.49. The Morgan fingerprint density at radius 3 is 2.06 bits per heavy atom. The quantitative estimate of drug-likeness (QED) is 0.771. The Kier molecular flexibility index (Phi) is 3.15. The molecule has 92 valence electrons. The summed E-state index contributed by atoms with van der Waals surface area (Å²) in [6.07, 6.45) is -4.58. The lowest BCUT2D eigenvalue weighted by atomic mass is 10.1. The molecular weight excluding hydrogens is 245 g/mol. The number of aromatic nitrogens is 2. The fourth-order valence-corrected chi connectivity index (χ4v) is 1.52. The fraction of sp³-hybridized carbons (Fsp3) is 0.667. The number of hydrogen-bond donors (Lipinski definition) is 0. The van der Waals surface area contributed by atoms with E-state index in [2.05, 4.69) is 5.10 Å². The predicted octanol–water partition coefficient (Wildman–Crippen LogP) is 3.32. The van der Waals surface area contributed by atoms with Gasteiger partial charge in [-0.3, -0.25) is 0 Å². The molecule has 0 saturated heterocycles. The summed E-state index contributed by atoms with van der Waals surface area (Å²) in [4.78, 5) is 0. The van der Waals surface area contributed by atoms with Gasteiger partial charge in [0.05, 0.1) is 12.6 Å². The monoisotopic (exact) mass is 256 g/mol. The van der Waals surface area contributed by atoms with E-state index in [1.165, 1.54) is 0 Å². The van der Waals surface area contributed by atoms with Gasteiger partial charge in [-0.1, -0.05) is 11.6 Å². The molecule has 1 aromatic heterocycles. The number of hydrogen-bond acceptors (Lipinski definition) is 2. The third kappa shape index (κ3) is 2.26. The Bertz CT molecular complexity index is 393. The van der Waals surface area contributed by atoms with E-state index >= 15 is 0 Å². The summed E-state index contributed by atoms with van der Waals surface area (Å²) in [5, 5.41) is 3.06. The van der Waals surface area contributed by atoms with Crippen LogP contribution in [0, 0.1) is 0 Å². The predicted molar refractivity (Wildman–Crippen MR) is 53.8 cm³/mol. The van der Waals surface area contributed by atoms with Crippen molar-refractivity contribution in [2.45, 2.75) is 32.5 Å². The van der Waals surface area contributed by atoms with Crippen LogP contribution in [0.3, 0.4) is 0 Å². The van der Waals surface area contributed by atoms with Crippen LogP contribution >= 0.6 is 11.6 Å². The average molecular weight is 257 g/mol. The van der Waals surface area contributed by atoms with Crippen molar-refractivity contribution in [2.75, 3.05) is 7.11 Å². The van der Waals surface area contributed by atoms with Gasteiger partial charge < -0.3 is 4.74 Å². The number of rotatable bonds is 1. The van der Waals surface area contributed by atoms with Crippen molar-refractivity contribution in [3.05, 3.63) is 10.7 Å². The Hall–Kier alpha value is -0.910. The van der Waals surface area contributed by atoms with Gasteiger partial charge in [-0.05, 0) is 20.8 Å². The van der Waals surface area contributed by atoms with Crippen molar-refractivity contribution in [1.82, 2.24) is 9.78 Å². The van der Waals surface area contributed by atoms with E-state index in [0.717, 1.165) is 11.8 Å². The van der Waals surface area contributed by atoms with Crippen LogP contribution in [0.5, 0.6) is 5.88 Å². The highest BCUT2D eigenvalue weighted by atomic mass is 35.5. The third-order valence-corrected chi connectivity index (χ3v) is 2.18. The molecule has 0 unspecified atom stereocenters. The van der Waals surface area contributed by atoms with Crippen LogP contribution in [0.1, 0.15) is 26.3 Å². The molecule has 0 aliphatic carbocycles. The van der Waals surface area contributed by atoms with E-state index in [0.29, 0.717) is 0 Å². The van der Waals surface area contributed by atoms with Crippen LogP contribution in [-0.4, -0.2) is 16.9 Å². The van der Waals surface area contributed by atoms with Gasteiger partial charge in [0.2, 0.25) is 5.88 Å². The van der Waals surface area contributed by atoms with Crippen LogP contribution < -0.4 is 4.74 Å². The summed E-state index contributed by atoms with van der Waals surface area (Å²) in [7, 11) is 1.16. The van der Waals surface area contributed by atoms with Gasteiger partial charge in [0.15, 0.2) is 10.7 Å². The second kappa shape index (κ2) is 3.84. The highest BCUT2D eigenvalue weighted by molar-refractivity contribution is 6.30. The largest absolute Gasteiger partial charge is 0.481 e. The number of methoxy groups -OCH3 is 1. The van der Waals surface area contributed by atoms with Gasteiger partial charge in [-0.2, -0.15) is 18.3 Å². The molecule has 0 saturated carbocycles. The van der Waals surface area contributed by atoms with E-state index in [1.54, 1.807) is 20.8 Å². The molecule has 0 bridgehead atoms. The Morgan fingerprint density at radius 1 is 1.25 bits per heavy atom. The van der Waals surface area contributed by atoms with Gasteiger partial charge in [-0.15, -0.1) is 0 Å². The Labute approximate surface area is 96.1 Å². The topological polar surface area (TPSA) is 27.1 Å². The van der Waals surface area contributed by atoms with Crippen molar-refractivity contribution >= 4 is 11.6 Å². The molecule has 0 radical (unpaired) electrons. The Morgan fingerprint density at radius 2 is 1.75 bits per heavy atom. The number of alkyl halides is 3. The molecule has 16 heavy (non-hydrogen) atoms. The first kappa shape index (κ1) is 13.2. The van der Waals surface area contributed by atoms with Gasteiger partial charge in [0, 0.05) is 0 Å². The summed E-state index contributed by atoms with van der Waals surface area (Å²) in [6.45, 7) is 5.12. The summed E-state index contributed by atoms with van der Waals surface area (Å²) in [5.74, 6) is -0.370. The average Bonchev–Trinajstić information content (AvgIpc) is 2.40. The van der Waals surface area contributed by atoms with Crippen molar-refractivity contribution in [3.63, 3.8) is 0 Å². The zero-order valence-corrected chi connectivity index (χ0v) is 10.1. The molecule has 3 nitrogen and oxygen atoms in total. The molecule has 0 N–H and O–H groups in total. The molecule has 0 amide bonds. The van der Waals surface area contributed by atoms with E-state index < -0.39 is 22.4 Å². The summed E-state index contributed by atoms with van der Waals surface area (Å²) in [5.41, 5.74) is -1.68. The van der Waals surface area contributed by atoms with Crippen LogP contribution in [0.25, 0.3) is 0 Å². The molecule has 0 fully saturated rings. The first-order valence-corrected chi connectivity index (χ1v) is 4.87. The van der Waals surface area contributed by atoms with Crippen LogP contribution in [0.2, 0.25) is 5.15 Å². The van der Waals surface area contributed by atoms with Crippen molar-refractivity contribution < 1.29 is 17.9 Å². The smallest absolute Gasteiger partial charge is 0.424 e. The molecule has 1 aromatic rings. The first-order chi connectivity index (χ1) is 7.09. The maximum Gasteiger partial charge on any atom is 0.424 e. The summed E-state index contributed by atoms with van der Waals surface area (Å²) < 4.78 is 43.9. The molecule has 1 rings (SSSR count). The normalized spacial score (nSPS) is 13.0. The number of halogens is 4. The van der Waals surface area contributed by atoms with E-state index in [-0.39, 0.29) is 5.88 Å². The SMILES string of the molecule is COc1c(C(F)(F)F)c(Cl)nn1C(C)(C)C. The van der Waals surface area contributed by atoms with Gasteiger partial charge in [0.1, 0.15) is 0 Å². The van der Waals surface area contributed by atoms with Crippen molar-refractivity contribution in [1.29, 1.82) is 0 Å². The highest BCUT2D eigenvalue weighted by Gasteiger charge is 2.42. The lowest BCUT2D eigenvalue weighted by Crippen LogP contribution is -2.24. The minimum atomic E-state index is -4.58. The second-order valence-corrected chi connectivity index (χ2v) is 4.61. The van der Waals surface area contributed by atoms with Gasteiger partial charge in [0.25, 0.3) is 0 Å². The zero-order chi connectivity index (χ0) is 12.7. The second-order valence-electron chi connectivity index (χ2n) is 4.26. The minimum Gasteiger partial charge on any atom is -0.481 e. The van der Waals surface area contributed by atoms with Crippen LogP contribution in [0.15, 0.2) is 0 Å². The molecule has 0 atom stereocenters. The molecule has 0 aliphatic heterocycles. The van der Waals surface area contributed by atoms with Gasteiger partial charge >= 0.3 is 6.18 Å². The standard InChI is InChI=1S/C9H12ClF3N2O/c1-8(2,3)15-7(16-4)5(6(10)14-15)9(11,12)13/h1-4H3. The zero-order valence-electron chi connectivity index (χ0n) is 9.31. The van der Waals surface area contributed by atoms with E-state index in [4.69, 9.17) is 16.3 Å². The molecule has 1 heterocycles. The third-order valence-electron chi connectivity index (χ3n) is 1.91. The molecule has 0 spiro atoms. The Balaban J connectivity index is 3.48. The molecule has 0 aromatic carbocycles. The van der Waals surface area contributed by atoms with Gasteiger partial charge in [-0.25, -0.2) is 4.68 Å². The minimum absolute atomic E-state index is 0.370. The first-order valence-electron chi connectivity index (χ1n) is 4.49.